The molecule has 1 aliphatic heterocycles. The molecule has 0 unspecified atom stereocenters. The van der Waals surface area contributed by atoms with Crippen molar-refractivity contribution >= 4 is 22.8 Å². The number of fused-ring (bicyclic) bond motifs is 1. The number of piperidine rings is 1. The Morgan fingerprint density at radius 3 is 2.54 bits per heavy atom. The molecule has 4 N–H and O–H groups in total. The number of carbonyl (C=O) groups is 1. The third kappa shape index (κ3) is 3.17. The van der Waals surface area contributed by atoms with Crippen molar-refractivity contribution in [3.05, 3.63) is 28.7 Å². The van der Waals surface area contributed by atoms with Crippen LogP contribution in [-0.2, 0) is 0 Å². The van der Waals surface area contributed by atoms with Crippen molar-refractivity contribution in [1.29, 1.82) is 0 Å². The molecule has 7 heteroatoms. The standard InChI is InChI=1S/C17H25N5O2/c1-17(2,3)21-8-6-12(7-9-21)22-14-5-4-11(19-15(18)23)10-13(14)20-16(22)24/h4-5,10,12H,6-9H2,1-3H3,(H,20,24)(H3,18,19,23). The fourth-order valence-corrected chi connectivity index (χ4v) is 3.51. The van der Waals surface area contributed by atoms with Gasteiger partial charge in [0.1, 0.15) is 0 Å². The number of hydrogen-bond donors (Lipinski definition) is 3. The summed E-state index contributed by atoms with van der Waals surface area (Å²) < 4.78 is 1.85. The molecule has 24 heavy (non-hydrogen) atoms. The highest BCUT2D eigenvalue weighted by molar-refractivity contribution is 5.90. The van der Waals surface area contributed by atoms with Gasteiger partial charge in [-0.2, -0.15) is 0 Å². The number of hydrogen-bond acceptors (Lipinski definition) is 3. The number of H-pyrrole nitrogens is 1. The number of nitrogens with zero attached hydrogens (tertiary/aromatic N) is 2. The third-order valence-electron chi connectivity index (χ3n) is 4.76. The first-order valence-corrected chi connectivity index (χ1v) is 8.31. The van der Waals surface area contributed by atoms with Crippen LogP contribution in [0, 0.1) is 0 Å². The van der Waals surface area contributed by atoms with E-state index in [1.165, 1.54) is 0 Å². The lowest BCUT2D eigenvalue weighted by Gasteiger charge is -2.41. The van der Waals surface area contributed by atoms with Crippen molar-refractivity contribution in [3.8, 4) is 0 Å². The van der Waals surface area contributed by atoms with Crippen LogP contribution in [0.15, 0.2) is 23.0 Å². The molecule has 1 aliphatic rings. The van der Waals surface area contributed by atoms with Gasteiger partial charge in [0, 0.05) is 30.4 Å². The van der Waals surface area contributed by atoms with Crippen molar-refractivity contribution in [1.82, 2.24) is 14.5 Å². The molecular weight excluding hydrogens is 306 g/mol. The summed E-state index contributed by atoms with van der Waals surface area (Å²) in [5.74, 6) is 0. The number of anilines is 1. The number of aromatic nitrogens is 2. The molecule has 1 fully saturated rings. The van der Waals surface area contributed by atoms with E-state index >= 15 is 0 Å². The highest BCUT2D eigenvalue weighted by Crippen LogP contribution is 2.29. The quantitative estimate of drug-likeness (QED) is 0.787. The Balaban J connectivity index is 1.87. The van der Waals surface area contributed by atoms with E-state index in [4.69, 9.17) is 5.73 Å². The molecule has 0 aliphatic carbocycles. The number of benzene rings is 1. The van der Waals surface area contributed by atoms with Gasteiger partial charge in [-0.3, -0.25) is 9.47 Å². The van der Waals surface area contributed by atoms with Crippen LogP contribution < -0.4 is 16.7 Å². The lowest BCUT2D eigenvalue weighted by atomic mass is 9.98. The van der Waals surface area contributed by atoms with E-state index in [2.05, 4.69) is 36.0 Å². The molecule has 2 heterocycles. The molecule has 1 aromatic heterocycles. The van der Waals surface area contributed by atoms with Gasteiger partial charge < -0.3 is 16.0 Å². The molecule has 7 nitrogen and oxygen atoms in total. The minimum Gasteiger partial charge on any atom is -0.351 e. The normalized spacial score (nSPS) is 17.3. The number of amides is 2. The van der Waals surface area contributed by atoms with Gasteiger partial charge in [0.25, 0.3) is 0 Å². The summed E-state index contributed by atoms with van der Waals surface area (Å²) >= 11 is 0. The van der Waals surface area contributed by atoms with Crippen LogP contribution in [0.25, 0.3) is 11.0 Å². The molecule has 2 aromatic rings. The third-order valence-corrected chi connectivity index (χ3v) is 4.76. The van der Waals surface area contributed by atoms with Crippen LogP contribution in [-0.4, -0.2) is 39.1 Å². The predicted molar refractivity (Wildman–Crippen MR) is 95.4 cm³/mol. The first kappa shape index (κ1) is 16.6. The molecular formula is C17H25N5O2. The van der Waals surface area contributed by atoms with Crippen molar-refractivity contribution in [2.45, 2.75) is 45.2 Å². The Kier molecular flexibility index (Phi) is 4.13. The Morgan fingerprint density at radius 1 is 1.29 bits per heavy atom. The SMILES string of the molecule is CC(C)(C)N1CCC(n2c(=O)[nH]c3cc(NC(N)=O)ccc32)CC1. The van der Waals surface area contributed by atoms with Gasteiger partial charge in [-0.15, -0.1) is 0 Å². The number of nitrogens with one attached hydrogen (secondary N) is 2. The fraction of sp³-hybridized carbons (Fsp3) is 0.529. The van der Waals surface area contributed by atoms with E-state index in [-0.39, 0.29) is 17.3 Å². The number of nitrogens with two attached hydrogens (primary N) is 1. The van der Waals surface area contributed by atoms with Crippen molar-refractivity contribution in [2.75, 3.05) is 18.4 Å². The molecule has 3 rings (SSSR count). The van der Waals surface area contributed by atoms with E-state index in [0.29, 0.717) is 11.2 Å². The average Bonchev–Trinajstić information content (AvgIpc) is 2.81. The fourth-order valence-electron chi connectivity index (χ4n) is 3.51. The maximum absolute atomic E-state index is 12.4. The number of rotatable bonds is 2. The van der Waals surface area contributed by atoms with Crippen molar-refractivity contribution < 1.29 is 4.79 Å². The second-order valence-corrected chi connectivity index (χ2v) is 7.41. The van der Waals surface area contributed by atoms with Crippen molar-refractivity contribution in [2.24, 2.45) is 5.73 Å². The molecule has 0 atom stereocenters. The van der Waals surface area contributed by atoms with Gasteiger partial charge in [0.15, 0.2) is 0 Å². The van der Waals surface area contributed by atoms with Gasteiger partial charge in [-0.1, -0.05) is 0 Å². The summed E-state index contributed by atoms with van der Waals surface area (Å²) in [4.78, 5) is 28.7. The second kappa shape index (κ2) is 5.98. The van der Waals surface area contributed by atoms with Crippen LogP contribution in [0.3, 0.4) is 0 Å². The number of primary amides is 1. The Labute approximate surface area is 140 Å². The molecule has 1 aromatic carbocycles. The summed E-state index contributed by atoms with van der Waals surface area (Å²) in [6.07, 6.45) is 1.90. The number of aromatic amines is 1. The van der Waals surface area contributed by atoms with Crippen molar-refractivity contribution in [3.63, 3.8) is 0 Å². The predicted octanol–water partition coefficient (Wildman–Crippen LogP) is 2.26. The monoisotopic (exact) mass is 331 g/mol. The second-order valence-electron chi connectivity index (χ2n) is 7.41. The Morgan fingerprint density at radius 2 is 1.96 bits per heavy atom. The van der Waals surface area contributed by atoms with Gasteiger partial charge in [-0.05, 0) is 51.8 Å². The number of likely N-dealkylation sites (tertiary alicyclic amines) is 1. The zero-order chi connectivity index (χ0) is 17.5. The smallest absolute Gasteiger partial charge is 0.326 e. The van der Waals surface area contributed by atoms with Crippen LogP contribution in [0.2, 0.25) is 0 Å². The highest BCUT2D eigenvalue weighted by Gasteiger charge is 2.29. The average molecular weight is 331 g/mol. The first-order chi connectivity index (χ1) is 11.3. The van der Waals surface area contributed by atoms with Crippen LogP contribution in [0.1, 0.15) is 39.7 Å². The van der Waals surface area contributed by atoms with Gasteiger partial charge in [0.2, 0.25) is 0 Å². The molecule has 130 valence electrons. The summed E-state index contributed by atoms with van der Waals surface area (Å²) in [5.41, 5.74) is 7.35. The summed E-state index contributed by atoms with van der Waals surface area (Å²) in [6, 6.07) is 4.93. The van der Waals surface area contributed by atoms with E-state index in [1.807, 2.05) is 10.6 Å². The Bertz CT molecular complexity index is 806. The molecule has 0 saturated carbocycles. The topological polar surface area (TPSA) is 96.2 Å². The van der Waals surface area contributed by atoms with E-state index < -0.39 is 6.03 Å². The largest absolute Gasteiger partial charge is 0.351 e. The van der Waals surface area contributed by atoms with Gasteiger partial charge in [-0.25, -0.2) is 9.59 Å². The zero-order valence-corrected chi connectivity index (χ0v) is 14.4. The summed E-state index contributed by atoms with van der Waals surface area (Å²) in [7, 11) is 0. The lowest BCUT2D eigenvalue weighted by molar-refractivity contribution is 0.0900. The van der Waals surface area contributed by atoms with E-state index in [9.17, 15) is 9.59 Å². The zero-order valence-electron chi connectivity index (χ0n) is 14.4. The number of carbonyl (C=O) groups excluding carboxylic acids is 1. The van der Waals surface area contributed by atoms with E-state index in [1.54, 1.807) is 12.1 Å². The van der Waals surface area contributed by atoms with Gasteiger partial charge >= 0.3 is 11.7 Å². The highest BCUT2D eigenvalue weighted by atomic mass is 16.2. The lowest BCUT2D eigenvalue weighted by Crippen LogP contribution is -2.47. The number of urea groups is 1. The summed E-state index contributed by atoms with van der Waals surface area (Å²) in [6.45, 7) is 8.62. The van der Waals surface area contributed by atoms with Crippen LogP contribution >= 0.6 is 0 Å². The maximum atomic E-state index is 12.4. The minimum absolute atomic E-state index is 0.101. The molecule has 1 saturated heterocycles. The van der Waals surface area contributed by atoms with Crippen LogP contribution in [0.5, 0.6) is 0 Å². The molecule has 0 bridgehead atoms. The minimum atomic E-state index is -0.620. The molecule has 2 amide bonds. The van der Waals surface area contributed by atoms with E-state index in [0.717, 1.165) is 31.4 Å². The Hall–Kier alpha value is -2.28. The summed E-state index contributed by atoms with van der Waals surface area (Å²) in [5, 5.41) is 2.53. The number of imidazole rings is 1. The molecule has 0 radical (unpaired) electrons. The van der Waals surface area contributed by atoms with Crippen LogP contribution in [0.4, 0.5) is 10.5 Å². The van der Waals surface area contributed by atoms with Gasteiger partial charge in [0.05, 0.1) is 11.0 Å². The molecule has 0 spiro atoms. The first-order valence-electron chi connectivity index (χ1n) is 8.31. The maximum Gasteiger partial charge on any atom is 0.326 e.